The lowest BCUT2D eigenvalue weighted by atomic mass is 10.2. The molecule has 1 heterocycles. The second-order valence-corrected chi connectivity index (χ2v) is 8.16. The average Bonchev–Trinajstić information content (AvgIpc) is 2.74. The molecule has 154 valence electrons. The second-order valence-electron chi connectivity index (χ2n) is 6.07. The third-order valence-corrected chi connectivity index (χ3v) is 5.61. The van der Waals surface area contributed by atoms with Crippen LogP contribution in [0, 0.1) is 10.1 Å². The summed E-state index contributed by atoms with van der Waals surface area (Å²) in [5, 5.41) is 15.8. The Morgan fingerprint density at radius 2 is 1.87 bits per heavy atom. The highest BCUT2D eigenvalue weighted by Crippen LogP contribution is 2.28. The Morgan fingerprint density at radius 1 is 1.13 bits per heavy atom. The highest BCUT2D eigenvalue weighted by Gasteiger charge is 2.23. The maximum Gasteiger partial charge on any atom is 0.270 e. The van der Waals surface area contributed by atoms with E-state index in [9.17, 15) is 18.5 Å². The zero-order chi connectivity index (χ0) is 21.7. The Hall–Kier alpha value is -3.50. The Morgan fingerprint density at radius 3 is 2.50 bits per heavy atom. The van der Waals surface area contributed by atoms with Crippen LogP contribution in [0.15, 0.2) is 76.9 Å². The molecule has 0 saturated heterocycles. The van der Waals surface area contributed by atoms with Gasteiger partial charge in [0.25, 0.3) is 15.7 Å². The lowest BCUT2D eigenvalue weighted by Gasteiger charge is -2.12. The largest absolute Gasteiger partial charge is 0.280 e. The van der Waals surface area contributed by atoms with Gasteiger partial charge in [0.05, 0.1) is 22.0 Å². The average molecular weight is 446 g/mol. The molecule has 0 spiro atoms. The maximum absolute atomic E-state index is 12.9. The van der Waals surface area contributed by atoms with Gasteiger partial charge in [-0.2, -0.15) is 5.10 Å². The molecule has 1 aromatic heterocycles. The number of nitrogens with zero attached hydrogens (tertiary/aromatic N) is 3. The van der Waals surface area contributed by atoms with Crippen LogP contribution in [0.5, 0.6) is 0 Å². The van der Waals surface area contributed by atoms with E-state index in [1.165, 1.54) is 36.4 Å². The van der Waals surface area contributed by atoms with Crippen molar-refractivity contribution >= 4 is 44.4 Å². The van der Waals surface area contributed by atoms with Crippen LogP contribution in [0.4, 0.5) is 17.1 Å². The molecular formula is C19H16ClN5O4S. The van der Waals surface area contributed by atoms with E-state index in [1.54, 1.807) is 31.3 Å². The fraction of sp³-hybridized carbons (Fsp3) is 0.0526. The van der Waals surface area contributed by atoms with E-state index in [0.717, 1.165) is 6.07 Å². The standard InChI is InChI=1S/C19H16ClN5O4S/c1-13(17-4-2-3-11-21-17)22-23-18-10-9-16(25(26)27)12-19(18)30(28,29)24-15-7-5-14(20)6-8-15/h2-12,23-24H,1H3. The first-order valence-electron chi connectivity index (χ1n) is 8.55. The van der Waals surface area contributed by atoms with E-state index in [1.807, 2.05) is 0 Å². The minimum Gasteiger partial charge on any atom is -0.280 e. The highest BCUT2D eigenvalue weighted by molar-refractivity contribution is 7.92. The van der Waals surface area contributed by atoms with Crippen LogP contribution in [0.1, 0.15) is 12.6 Å². The second kappa shape index (κ2) is 8.89. The Kier molecular flexibility index (Phi) is 6.28. The van der Waals surface area contributed by atoms with Gasteiger partial charge in [-0.3, -0.25) is 25.2 Å². The van der Waals surface area contributed by atoms with Gasteiger partial charge < -0.3 is 0 Å². The van der Waals surface area contributed by atoms with Gasteiger partial charge >= 0.3 is 0 Å². The van der Waals surface area contributed by atoms with E-state index in [2.05, 4.69) is 20.2 Å². The third kappa shape index (κ3) is 5.10. The number of non-ortho nitro benzene ring substituents is 1. The predicted molar refractivity (Wildman–Crippen MR) is 115 cm³/mol. The molecule has 0 aliphatic rings. The topological polar surface area (TPSA) is 127 Å². The van der Waals surface area contributed by atoms with Crippen molar-refractivity contribution in [1.82, 2.24) is 4.98 Å². The number of rotatable bonds is 7. The molecule has 0 unspecified atom stereocenters. The summed E-state index contributed by atoms with van der Waals surface area (Å²) < 4.78 is 28.2. The van der Waals surface area contributed by atoms with Crippen molar-refractivity contribution in [2.24, 2.45) is 5.10 Å². The highest BCUT2D eigenvalue weighted by atomic mass is 35.5. The first kappa shape index (κ1) is 21.2. The summed E-state index contributed by atoms with van der Waals surface area (Å²) in [6.07, 6.45) is 1.60. The number of benzene rings is 2. The Bertz CT molecular complexity index is 1200. The van der Waals surface area contributed by atoms with Gasteiger partial charge in [0.2, 0.25) is 0 Å². The molecule has 30 heavy (non-hydrogen) atoms. The summed E-state index contributed by atoms with van der Waals surface area (Å²) in [4.78, 5) is 14.3. The van der Waals surface area contributed by atoms with Gasteiger partial charge in [-0.1, -0.05) is 17.7 Å². The molecule has 0 aliphatic heterocycles. The van der Waals surface area contributed by atoms with Crippen molar-refractivity contribution in [1.29, 1.82) is 0 Å². The molecule has 0 radical (unpaired) electrons. The van der Waals surface area contributed by atoms with Gasteiger partial charge in [-0.15, -0.1) is 0 Å². The number of hydrazone groups is 1. The van der Waals surface area contributed by atoms with Crippen molar-refractivity contribution in [3.05, 3.63) is 87.7 Å². The smallest absolute Gasteiger partial charge is 0.270 e. The quantitative estimate of drug-likeness (QED) is 0.317. The number of nitrogens with one attached hydrogen (secondary N) is 2. The number of pyridine rings is 1. The number of hydrogen-bond donors (Lipinski definition) is 2. The van der Waals surface area contributed by atoms with E-state index < -0.39 is 14.9 Å². The van der Waals surface area contributed by atoms with Gasteiger partial charge in [0.15, 0.2) is 0 Å². The number of hydrogen-bond acceptors (Lipinski definition) is 7. The van der Waals surface area contributed by atoms with Gasteiger partial charge in [-0.05, 0) is 49.4 Å². The van der Waals surface area contributed by atoms with Gasteiger partial charge in [0, 0.05) is 29.0 Å². The summed E-state index contributed by atoms with van der Waals surface area (Å²) in [6, 6.07) is 14.7. The fourth-order valence-corrected chi connectivity index (χ4v) is 3.81. The summed E-state index contributed by atoms with van der Waals surface area (Å²) in [5.74, 6) is 0. The number of sulfonamides is 1. The van der Waals surface area contributed by atoms with Gasteiger partial charge in [0.1, 0.15) is 4.90 Å². The summed E-state index contributed by atoms with van der Waals surface area (Å²) in [5.41, 5.74) is 3.71. The summed E-state index contributed by atoms with van der Waals surface area (Å²) >= 11 is 5.82. The zero-order valence-corrected chi connectivity index (χ0v) is 17.2. The first-order chi connectivity index (χ1) is 14.3. The van der Waals surface area contributed by atoms with Crippen molar-refractivity contribution in [2.75, 3.05) is 10.1 Å². The lowest BCUT2D eigenvalue weighted by Crippen LogP contribution is -2.15. The minimum absolute atomic E-state index is 0.0670. The SMILES string of the molecule is CC(=NNc1ccc([N+](=O)[O-])cc1S(=O)(=O)Nc1ccc(Cl)cc1)c1ccccn1. The fourth-order valence-electron chi connectivity index (χ4n) is 2.45. The number of nitro groups is 1. The molecular weight excluding hydrogens is 430 g/mol. The van der Waals surface area contributed by atoms with E-state index >= 15 is 0 Å². The monoisotopic (exact) mass is 445 g/mol. The molecule has 0 aliphatic carbocycles. The van der Waals surface area contributed by atoms with Crippen LogP contribution in [-0.4, -0.2) is 24.0 Å². The van der Waals surface area contributed by atoms with E-state index in [4.69, 9.17) is 11.6 Å². The molecule has 2 aromatic carbocycles. The van der Waals surface area contributed by atoms with Gasteiger partial charge in [-0.25, -0.2) is 8.42 Å². The van der Waals surface area contributed by atoms with Crippen molar-refractivity contribution in [3.8, 4) is 0 Å². The van der Waals surface area contributed by atoms with Crippen molar-refractivity contribution in [3.63, 3.8) is 0 Å². The van der Waals surface area contributed by atoms with E-state index in [-0.39, 0.29) is 22.0 Å². The molecule has 11 heteroatoms. The van der Waals surface area contributed by atoms with Crippen LogP contribution >= 0.6 is 11.6 Å². The Balaban J connectivity index is 1.97. The van der Waals surface area contributed by atoms with Crippen LogP contribution in [0.2, 0.25) is 5.02 Å². The summed E-state index contributed by atoms with van der Waals surface area (Å²) in [7, 11) is -4.17. The molecule has 3 rings (SSSR count). The van der Waals surface area contributed by atoms with Crippen LogP contribution in [-0.2, 0) is 10.0 Å². The number of aromatic nitrogens is 1. The van der Waals surface area contributed by atoms with Crippen LogP contribution in [0.25, 0.3) is 0 Å². The van der Waals surface area contributed by atoms with Crippen LogP contribution < -0.4 is 10.1 Å². The third-order valence-electron chi connectivity index (χ3n) is 3.94. The predicted octanol–water partition coefficient (Wildman–Crippen LogP) is 4.28. The lowest BCUT2D eigenvalue weighted by molar-refractivity contribution is -0.385. The van der Waals surface area contributed by atoms with Crippen molar-refractivity contribution in [2.45, 2.75) is 11.8 Å². The molecule has 0 saturated carbocycles. The number of halogens is 1. The maximum atomic E-state index is 12.9. The summed E-state index contributed by atoms with van der Waals surface area (Å²) in [6.45, 7) is 1.70. The Labute approximate surface area is 177 Å². The number of anilines is 2. The first-order valence-corrected chi connectivity index (χ1v) is 10.4. The van der Waals surface area contributed by atoms with Crippen LogP contribution in [0.3, 0.4) is 0 Å². The number of nitro benzene ring substituents is 1. The molecule has 0 fully saturated rings. The normalized spacial score (nSPS) is 11.7. The van der Waals surface area contributed by atoms with Crippen molar-refractivity contribution < 1.29 is 13.3 Å². The molecule has 9 nitrogen and oxygen atoms in total. The molecule has 0 atom stereocenters. The molecule has 0 amide bonds. The molecule has 3 aromatic rings. The molecule has 0 bridgehead atoms. The van der Waals surface area contributed by atoms with E-state index in [0.29, 0.717) is 16.4 Å². The zero-order valence-electron chi connectivity index (χ0n) is 15.6. The molecule has 2 N–H and O–H groups in total. The minimum atomic E-state index is -4.17.